The Hall–Kier alpha value is -2.17. The number of phenols is 1. The highest BCUT2D eigenvalue weighted by molar-refractivity contribution is 5.60. The van der Waals surface area contributed by atoms with Gasteiger partial charge >= 0.3 is 0 Å². The Morgan fingerprint density at radius 1 is 1.26 bits per heavy atom. The molecule has 0 bridgehead atoms. The van der Waals surface area contributed by atoms with Gasteiger partial charge in [-0.1, -0.05) is 0 Å². The summed E-state index contributed by atoms with van der Waals surface area (Å²) in [5, 5.41) is 12.4. The van der Waals surface area contributed by atoms with Gasteiger partial charge in [0.1, 0.15) is 5.82 Å². The number of hydrogen-bond donors (Lipinski definition) is 2. The molecular weight excluding hydrogens is 245 g/mol. The number of hydrogen-bond acceptors (Lipinski definition) is 4. The number of phenolic OH excluding ortho intramolecular Hbond substituents is 1. The van der Waals surface area contributed by atoms with Gasteiger partial charge in [0.05, 0.1) is 0 Å². The van der Waals surface area contributed by atoms with Gasteiger partial charge in [-0.15, -0.1) is 0 Å². The first-order valence-electron chi connectivity index (χ1n) is 6.11. The fourth-order valence-corrected chi connectivity index (χ4v) is 1.74. The van der Waals surface area contributed by atoms with Crippen molar-refractivity contribution in [1.82, 2.24) is 9.97 Å². The lowest BCUT2D eigenvalue weighted by Crippen LogP contribution is -2.06. The van der Waals surface area contributed by atoms with Gasteiger partial charge in [-0.25, -0.2) is 14.4 Å². The average molecular weight is 261 g/mol. The maximum absolute atomic E-state index is 13.4. The van der Waals surface area contributed by atoms with Crippen molar-refractivity contribution in [3.8, 4) is 17.1 Å². The molecule has 0 fully saturated rings. The second-order valence-corrected chi connectivity index (χ2v) is 4.30. The van der Waals surface area contributed by atoms with Gasteiger partial charge in [0.25, 0.3) is 0 Å². The van der Waals surface area contributed by atoms with E-state index < -0.39 is 5.82 Å². The van der Waals surface area contributed by atoms with Crippen LogP contribution in [0.25, 0.3) is 11.4 Å². The molecule has 0 aliphatic heterocycles. The van der Waals surface area contributed by atoms with Gasteiger partial charge in [0, 0.05) is 23.4 Å². The molecule has 0 spiro atoms. The fourth-order valence-electron chi connectivity index (χ4n) is 1.74. The van der Waals surface area contributed by atoms with E-state index >= 15 is 0 Å². The van der Waals surface area contributed by atoms with E-state index in [1.807, 2.05) is 20.8 Å². The number of aryl methyl sites for hydroxylation is 1. The van der Waals surface area contributed by atoms with Crippen LogP contribution < -0.4 is 5.32 Å². The van der Waals surface area contributed by atoms with Crippen molar-refractivity contribution in [2.24, 2.45) is 0 Å². The van der Waals surface area contributed by atoms with Gasteiger partial charge < -0.3 is 10.4 Å². The van der Waals surface area contributed by atoms with Gasteiger partial charge in [-0.2, -0.15) is 0 Å². The van der Waals surface area contributed by atoms with Crippen LogP contribution in [0.4, 0.5) is 10.2 Å². The molecule has 0 saturated carbocycles. The zero-order valence-electron chi connectivity index (χ0n) is 11.2. The number of nitrogens with one attached hydrogen (secondary N) is 1. The van der Waals surface area contributed by atoms with Crippen molar-refractivity contribution in [3.63, 3.8) is 0 Å². The maximum atomic E-state index is 13.4. The number of halogens is 1. The molecule has 5 heteroatoms. The number of aromatic hydroxyl groups is 1. The van der Waals surface area contributed by atoms with E-state index in [9.17, 15) is 9.50 Å². The molecule has 0 atom stereocenters. The van der Waals surface area contributed by atoms with Crippen molar-refractivity contribution in [2.45, 2.75) is 20.8 Å². The number of aromatic nitrogens is 2. The Balaban J connectivity index is 2.52. The molecule has 0 radical (unpaired) electrons. The van der Waals surface area contributed by atoms with Gasteiger partial charge in [-0.3, -0.25) is 0 Å². The number of rotatable bonds is 3. The Labute approximate surface area is 111 Å². The summed E-state index contributed by atoms with van der Waals surface area (Å²) < 4.78 is 13.4. The zero-order chi connectivity index (χ0) is 14.0. The van der Waals surface area contributed by atoms with Gasteiger partial charge in [-0.05, 0) is 39.0 Å². The third kappa shape index (κ3) is 2.65. The lowest BCUT2D eigenvalue weighted by atomic mass is 10.1. The highest BCUT2D eigenvalue weighted by Gasteiger charge is 2.11. The Bertz CT molecular complexity index is 614. The van der Waals surface area contributed by atoms with Crippen molar-refractivity contribution in [3.05, 3.63) is 35.3 Å². The van der Waals surface area contributed by atoms with Crippen LogP contribution >= 0.6 is 0 Å². The fraction of sp³-hybridized carbons (Fsp3) is 0.286. The van der Waals surface area contributed by atoms with E-state index in [4.69, 9.17) is 0 Å². The summed E-state index contributed by atoms with van der Waals surface area (Å²) in [6.45, 7) is 6.56. The minimum absolute atomic E-state index is 0.375. The van der Waals surface area contributed by atoms with Gasteiger partial charge in [0.15, 0.2) is 17.4 Å². The molecule has 100 valence electrons. The van der Waals surface area contributed by atoms with E-state index in [-0.39, 0.29) is 5.75 Å². The Kier molecular flexibility index (Phi) is 3.64. The van der Waals surface area contributed by atoms with Crippen molar-refractivity contribution >= 4 is 5.82 Å². The van der Waals surface area contributed by atoms with E-state index in [1.54, 1.807) is 6.07 Å². The van der Waals surface area contributed by atoms with E-state index in [2.05, 4.69) is 15.3 Å². The molecule has 0 amide bonds. The van der Waals surface area contributed by atoms with Crippen LogP contribution in [0.15, 0.2) is 18.2 Å². The van der Waals surface area contributed by atoms with E-state index in [0.717, 1.165) is 23.6 Å². The molecule has 0 aliphatic rings. The highest BCUT2D eigenvalue weighted by Crippen LogP contribution is 2.25. The molecule has 2 aromatic rings. The predicted octanol–water partition coefficient (Wildman–Crippen LogP) is 3.04. The molecule has 0 unspecified atom stereocenters. The molecule has 2 N–H and O–H groups in total. The molecular formula is C14H16FN3O. The zero-order valence-corrected chi connectivity index (χ0v) is 11.2. The molecule has 1 heterocycles. The van der Waals surface area contributed by atoms with Crippen LogP contribution in [0.3, 0.4) is 0 Å². The summed E-state index contributed by atoms with van der Waals surface area (Å²) in [6, 6.07) is 4.13. The molecule has 4 nitrogen and oxygen atoms in total. The number of anilines is 1. The Morgan fingerprint density at radius 2 is 2.00 bits per heavy atom. The lowest BCUT2D eigenvalue weighted by Gasteiger charge is -2.11. The van der Waals surface area contributed by atoms with Crippen LogP contribution in [-0.4, -0.2) is 21.6 Å². The molecule has 0 saturated heterocycles. The van der Waals surface area contributed by atoms with E-state index in [1.165, 1.54) is 12.1 Å². The summed E-state index contributed by atoms with van der Waals surface area (Å²) in [5.74, 6) is 0.139. The van der Waals surface area contributed by atoms with Crippen LogP contribution in [0, 0.1) is 19.7 Å². The smallest absolute Gasteiger partial charge is 0.165 e. The third-order valence-corrected chi connectivity index (χ3v) is 2.94. The Morgan fingerprint density at radius 3 is 2.63 bits per heavy atom. The second kappa shape index (κ2) is 5.22. The molecule has 1 aromatic carbocycles. The summed E-state index contributed by atoms with van der Waals surface area (Å²) >= 11 is 0. The highest BCUT2D eigenvalue weighted by atomic mass is 19.1. The largest absolute Gasteiger partial charge is 0.505 e. The summed E-state index contributed by atoms with van der Waals surface area (Å²) in [7, 11) is 0. The van der Waals surface area contributed by atoms with Crippen molar-refractivity contribution < 1.29 is 9.50 Å². The minimum atomic E-state index is -0.677. The standard InChI is InChI=1S/C14H16FN3O/c1-4-16-13-8(2)9(3)17-14(18-13)10-5-6-12(19)11(15)7-10/h5-7,19H,4H2,1-3H3,(H,16,17,18). The van der Waals surface area contributed by atoms with Crippen LogP contribution in [0.1, 0.15) is 18.2 Å². The first-order valence-corrected chi connectivity index (χ1v) is 6.11. The minimum Gasteiger partial charge on any atom is -0.505 e. The maximum Gasteiger partial charge on any atom is 0.165 e. The molecule has 1 aromatic heterocycles. The molecule has 0 aliphatic carbocycles. The van der Waals surface area contributed by atoms with Crippen LogP contribution in [0.2, 0.25) is 0 Å². The first kappa shape index (κ1) is 13.3. The van der Waals surface area contributed by atoms with Crippen LogP contribution in [-0.2, 0) is 0 Å². The molecule has 2 rings (SSSR count). The summed E-state index contributed by atoms with van der Waals surface area (Å²) in [5.41, 5.74) is 2.36. The SMILES string of the molecule is CCNc1nc(-c2ccc(O)c(F)c2)nc(C)c1C. The normalized spacial score (nSPS) is 10.5. The summed E-state index contributed by atoms with van der Waals surface area (Å²) in [6.07, 6.45) is 0. The first-order chi connectivity index (χ1) is 9.02. The van der Waals surface area contributed by atoms with Gasteiger partial charge in [0.2, 0.25) is 0 Å². The average Bonchev–Trinajstić information content (AvgIpc) is 2.38. The van der Waals surface area contributed by atoms with Crippen molar-refractivity contribution in [1.29, 1.82) is 0 Å². The van der Waals surface area contributed by atoms with Crippen molar-refractivity contribution in [2.75, 3.05) is 11.9 Å². The monoisotopic (exact) mass is 261 g/mol. The topological polar surface area (TPSA) is 58.0 Å². The van der Waals surface area contributed by atoms with E-state index in [0.29, 0.717) is 11.4 Å². The second-order valence-electron chi connectivity index (χ2n) is 4.30. The number of nitrogens with zero attached hydrogens (tertiary/aromatic N) is 2. The summed E-state index contributed by atoms with van der Waals surface area (Å²) in [4.78, 5) is 8.75. The third-order valence-electron chi connectivity index (χ3n) is 2.94. The molecule has 19 heavy (non-hydrogen) atoms. The quantitative estimate of drug-likeness (QED) is 0.891. The number of benzene rings is 1. The van der Waals surface area contributed by atoms with Crippen LogP contribution in [0.5, 0.6) is 5.75 Å². The lowest BCUT2D eigenvalue weighted by molar-refractivity contribution is 0.432. The predicted molar refractivity (Wildman–Crippen MR) is 72.7 cm³/mol.